The predicted octanol–water partition coefficient (Wildman–Crippen LogP) is 1.84. The van der Waals surface area contributed by atoms with E-state index in [4.69, 9.17) is 5.73 Å². The Kier molecular flexibility index (Phi) is 4.71. The van der Waals surface area contributed by atoms with Crippen LogP contribution in [0.2, 0.25) is 0 Å². The van der Waals surface area contributed by atoms with E-state index in [1.165, 1.54) is 32.6 Å². The number of pyridine rings is 1. The van der Waals surface area contributed by atoms with Gasteiger partial charge in [0.05, 0.1) is 5.69 Å². The molecule has 3 rings (SSSR count). The van der Waals surface area contributed by atoms with Gasteiger partial charge in [-0.1, -0.05) is 0 Å². The van der Waals surface area contributed by atoms with Gasteiger partial charge in [-0.25, -0.2) is 0 Å². The monoisotopic (exact) mass is 338 g/mol. The van der Waals surface area contributed by atoms with Gasteiger partial charge in [0.15, 0.2) is 0 Å². The molecule has 4 nitrogen and oxygen atoms in total. The van der Waals surface area contributed by atoms with Crippen LogP contribution in [0.3, 0.4) is 0 Å². The summed E-state index contributed by atoms with van der Waals surface area (Å²) in [5.41, 5.74) is 7.15. The van der Waals surface area contributed by atoms with E-state index in [0.29, 0.717) is 6.04 Å². The summed E-state index contributed by atoms with van der Waals surface area (Å²) in [6, 6.07) is 5.33. The van der Waals surface area contributed by atoms with Crippen molar-refractivity contribution < 1.29 is 0 Å². The van der Waals surface area contributed by atoms with Gasteiger partial charge in [0.2, 0.25) is 0 Å². The Hall–Kier alpha value is -0.490. The summed E-state index contributed by atoms with van der Waals surface area (Å²) < 4.78 is 1.05. The van der Waals surface area contributed by atoms with Crippen LogP contribution in [0.15, 0.2) is 22.8 Å². The molecule has 2 aliphatic heterocycles. The second-order valence-corrected chi connectivity index (χ2v) is 6.93. The van der Waals surface area contributed by atoms with Crippen molar-refractivity contribution in [2.24, 2.45) is 5.73 Å². The van der Waals surface area contributed by atoms with Crippen LogP contribution in [0.4, 0.5) is 0 Å². The third-order valence-corrected chi connectivity index (χ3v) is 4.98. The fraction of sp³-hybridized carbons (Fsp3) is 0.667. The van der Waals surface area contributed by atoms with Crippen LogP contribution in [-0.2, 0) is 6.54 Å². The molecule has 0 aromatic carbocycles. The number of likely N-dealkylation sites (tertiary alicyclic amines) is 2. The minimum atomic E-state index is 0.427. The zero-order chi connectivity index (χ0) is 13.9. The molecule has 2 saturated heterocycles. The Morgan fingerprint density at radius 3 is 2.70 bits per heavy atom. The molecular formula is C15H23BrN4. The lowest BCUT2D eigenvalue weighted by Crippen LogP contribution is -2.46. The summed E-state index contributed by atoms with van der Waals surface area (Å²) in [6.07, 6.45) is 5.48. The van der Waals surface area contributed by atoms with Crippen LogP contribution >= 0.6 is 15.9 Å². The van der Waals surface area contributed by atoms with Gasteiger partial charge < -0.3 is 5.73 Å². The third kappa shape index (κ3) is 3.58. The first-order chi connectivity index (χ1) is 9.70. The van der Waals surface area contributed by atoms with Gasteiger partial charge in [-0.2, -0.15) is 0 Å². The summed E-state index contributed by atoms with van der Waals surface area (Å²) in [7, 11) is 0. The Labute approximate surface area is 129 Å². The van der Waals surface area contributed by atoms with E-state index in [1.807, 2.05) is 6.20 Å². The number of rotatable bonds is 3. The molecule has 0 amide bonds. The summed E-state index contributed by atoms with van der Waals surface area (Å²) in [6.45, 7) is 5.68. The fourth-order valence-electron chi connectivity index (χ4n) is 3.27. The molecule has 2 fully saturated rings. The largest absolute Gasteiger partial charge is 0.328 e. The lowest BCUT2D eigenvalue weighted by molar-refractivity contribution is 0.151. The molecule has 0 aliphatic carbocycles. The average Bonchev–Trinajstić information content (AvgIpc) is 2.91. The highest BCUT2D eigenvalue weighted by atomic mass is 79.9. The Balaban J connectivity index is 1.50. The number of halogens is 1. The smallest absolute Gasteiger partial charge is 0.0544 e. The number of hydrogen-bond acceptors (Lipinski definition) is 4. The first-order valence-corrected chi connectivity index (χ1v) is 8.32. The molecule has 3 heterocycles. The first kappa shape index (κ1) is 14.4. The van der Waals surface area contributed by atoms with Crippen molar-refractivity contribution in [2.45, 2.75) is 37.9 Å². The molecule has 0 spiro atoms. The summed E-state index contributed by atoms with van der Waals surface area (Å²) in [5, 5.41) is 0. The average molecular weight is 339 g/mol. The van der Waals surface area contributed by atoms with Crippen molar-refractivity contribution in [3.63, 3.8) is 0 Å². The predicted molar refractivity (Wildman–Crippen MR) is 84.4 cm³/mol. The molecule has 5 heteroatoms. The van der Waals surface area contributed by atoms with E-state index in [0.717, 1.165) is 35.6 Å². The topological polar surface area (TPSA) is 45.4 Å². The van der Waals surface area contributed by atoms with Gasteiger partial charge in [-0.15, -0.1) is 0 Å². The lowest BCUT2D eigenvalue weighted by Gasteiger charge is -2.34. The standard InChI is InChI=1S/C15H23BrN4/c16-12-1-2-14(18-9-12)10-19-6-5-15(11-19)20-7-3-13(17)4-8-20/h1-2,9,13,15H,3-8,10-11,17H2. The third-order valence-electron chi connectivity index (χ3n) is 4.51. The quantitative estimate of drug-likeness (QED) is 0.913. The highest BCUT2D eigenvalue weighted by molar-refractivity contribution is 9.10. The molecule has 0 radical (unpaired) electrons. The van der Waals surface area contributed by atoms with Crippen molar-refractivity contribution in [2.75, 3.05) is 26.2 Å². The number of nitrogens with two attached hydrogens (primary N) is 1. The molecule has 110 valence electrons. The molecule has 0 bridgehead atoms. The van der Waals surface area contributed by atoms with E-state index in [-0.39, 0.29) is 0 Å². The Morgan fingerprint density at radius 2 is 2.00 bits per heavy atom. The van der Waals surface area contributed by atoms with E-state index >= 15 is 0 Å². The van der Waals surface area contributed by atoms with Gasteiger partial charge in [0.1, 0.15) is 0 Å². The summed E-state index contributed by atoms with van der Waals surface area (Å²) in [4.78, 5) is 9.63. The second-order valence-electron chi connectivity index (χ2n) is 6.02. The Morgan fingerprint density at radius 1 is 1.20 bits per heavy atom. The molecule has 1 aromatic heterocycles. The van der Waals surface area contributed by atoms with Gasteiger partial charge >= 0.3 is 0 Å². The van der Waals surface area contributed by atoms with E-state index in [1.54, 1.807) is 0 Å². The highest BCUT2D eigenvalue weighted by Gasteiger charge is 2.29. The van der Waals surface area contributed by atoms with Gasteiger partial charge in [0.25, 0.3) is 0 Å². The molecule has 2 N–H and O–H groups in total. The van der Waals surface area contributed by atoms with Crippen LogP contribution < -0.4 is 5.73 Å². The minimum Gasteiger partial charge on any atom is -0.328 e. The van der Waals surface area contributed by atoms with E-state index in [9.17, 15) is 0 Å². The number of nitrogens with zero attached hydrogens (tertiary/aromatic N) is 3. The lowest BCUT2D eigenvalue weighted by atomic mass is 10.0. The number of hydrogen-bond donors (Lipinski definition) is 1. The first-order valence-electron chi connectivity index (χ1n) is 7.53. The molecule has 1 atom stereocenters. The van der Waals surface area contributed by atoms with Crippen molar-refractivity contribution in [1.29, 1.82) is 0 Å². The summed E-state index contributed by atoms with van der Waals surface area (Å²) >= 11 is 3.43. The van der Waals surface area contributed by atoms with Crippen molar-refractivity contribution >= 4 is 15.9 Å². The molecule has 20 heavy (non-hydrogen) atoms. The maximum Gasteiger partial charge on any atom is 0.0544 e. The van der Waals surface area contributed by atoms with Crippen molar-refractivity contribution in [3.8, 4) is 0 Å². The van der Waals surface area contributed by atoms with Gasteiger partial charge in [-0.3, -0.25) is 14.8 Å². The fourth-order valence-corrected chi connectivity index (χ4v) is 3.50. The SMILES string of the molecule is NC1CCN(C2CCN(Cc3ccc(Br)cn3)C2)CC1. The summed E-state index contributed by atoms with van der Waals surface area (Å²) in [5.74, 6) is 0. The van der Waals surface area contributed by atoms with Gasteiger partial charge in [-0.05, 0) is 60.4 Å². The van der Waals surface area contributed by atoms with Crippen LogP contribution in [0, 0.1) is 0 Å². The second kappa shape index (κ2) is 6.52. The van der Waals surface area contributed by atoms with Crippen LogP contribution in [0.5, 0.6) is 0 Å². The van der Waals surface area contributed by atoms with Crippen LogP contribution in [0.1, 0.15) is 25.0 Å². The maximum atomic E-state index is 5.99. The molecular weight excluding hydrogens is 316 g/mol. The van der Waals surface area contributed by atoms with Crippen molar-refractivity contribution in [1.82, 2.24) is 14.8 Å². The van der Waals surface area contributed by atoms with Crippen LogP contribution in [0.25, 0.3) is 0 Å². The number of aromatic nitrogens is 1. The normalized spacial score (nSPS) is 26.2. The molecule has 0 saturated carbocycles. The molecule has 1 unspecified atom stereocenters. The maximum absolute atomic E-state index is 5.99. The molecule has 1 aromatic rings. The zero-order valence-electron chi connectivity index (χ0n) is 11.8. The Bertz CT molecular complexity index is 428. The van der Waals surface area contributed by atoms with Crippen LogP contribution in [-0.4, -0.2) is 53.0 Å². The number of piperidine rings is 1. The van der Waals surface area contributed by atoms with E-state index < -0.39 is 0 Å². The molecule has 2 aliphatic rings. The van der Waals surface area contributed by atoms with E-state index in [2.05, 4.69) is 42.8 Å². The minimum absolute atomic E-state index is 0.427. The van der Waals surface area contributed by atoms with Gasteiger partial charge in [0, 0.05) is 42.4 Å². The zero-order valence-corrected chi connectivity index (χ0v) is 13.4. The van der Waals surface area contributed by atoms with Crippen molar-refractivity contribution in [3.05, 3.63) is 28.5 Å². The highest BCUT2D eigenvalue weighted by Crippen LogP contribution is 2.21.